The minimum atomic E-state index is -4.32. The van der Waals surface area contributed by atoms with E-state index in [-0.39, 0.29) is 13.0 Å². The Hall–Kier alpha value is -1.15. The second kappa shape index (κ2) is 6.33. The molecule has 1 rings (SSSR count). The van der Waals surface area contributed by atoms with Gasteiger partial charge in [-0.25, -0.2) is 0 Å². The Morgan fingerprint density at radius 2 is 2.05 bits per heavy atom. The molecule has 1 unspecified atom stereocenters. The molecule has 110 valence electrons. The van der Waals surface area contributed by atoms with E-state index in [4.69, 9.17) is 10.3 Å². The molecule has 0 aliphatic heterocycles. The number of nitrogens with zero attached hydrogens (tertiary/aromatic N) is 2. The van der Waals surface area contributed by atoms with E-state index in [1.54, 1.807) is 6.92 Å². The number of hydrogen-bond acceptors (Lipinski definition) is 5. The van der Waals surface area contributed by atoms with Gasteiger partial charge in [0, 0.05) is 6.42 Å². The first kappa shape index (κ1) is 15.9. The lowest BCUT2D eigenvalue weighted by molar-refractivity contribution is -0.173. The smallest absolute Gasteiger partial charge is 0.372 e. The SMILES string of the molecule is CCCC(C)(N)c1nc(CCOCC(F)(F)F)no1. The molecule has 0 fully saturated rings. The minimum Gasteiger partial charge on any atom is -0.372 e. The molecule has 0 spiro atoms. The number of aromatic nitrogens is 2. The first-order chi connectivity index (χ1) is 8.74. The summed E-state index contributed by atoms with van der Waals surface area (Å²) in [7, 11) is 0. The van der Waals surface area contributed by atoms with E-state index in [9.17, 15) is 13.2 Å². The summed E-state index contributed by atoms with van der Waals surface area (Å²) >= 11 is 0. The number of ether oxygens (including phenoxy) is 1. The third kappa shape index (κ3) is 5.56. The van der Waals surface area contributed by atoms with Crippen LogP contribution < -0.4 is 5.73 Å². The molecule has 2 N–H and O–H groups in total. The molecular weight excluding hydrogens is 263 g/mol. The van der Waals surface area contributed by atoms with Gasteiger partial charge in [0.1, 0.15) is 6.61 Å². The first-order valence-corrected chi connectivity index (χ1v) is 6.01. The summed E-state index contributed by atoms with van der Waals surface area (Å²) in [5, 5.41) is 3.67. The molecule has 0 saturated carbocycles. The Morgan fingerprint density at radius 1 is 1.37 bits per heavy atom. The fourth-order valence-electron chi connectivity index (χ4n) is 1.57. The van der Waals surface area contributed by atoms with E-state index in [1.807, 2.05) is 6.92 Å². The lowest BCUT2D eigenvalue weighted by Gasteiger charge is -2.18. The van der Waals surface area contributed by atoms with Gasteiger partial charge in [-0.2, -0.15) is 18.2 Å². The molecular formula is C11H18F3N3O2. The van der Waals surface area contributed by atoms with Crippen LogP contribution in [0.4, 0.5) is 13.2 Å². The fraction of sp³-hybridized carbons (Fsp3) is 0.818. The van der Waals surface area contributed by atoms with Gasteiger partial charge in [0.05, 0.1) is 12.1 Å². The highest BCUT2D eigenvalue weighted by atomic mass is 19.4. The zero-order valence-electron chi connectivity index (χ0n) is 11.0. The van der Waals surface area contributed by atoms with Gasteiger partial charge in [0.25, 0.3) is 0 Å². The van der Waals surface area contributed by atoms with Crippen molar-refractivity contribution < 1.29 is 22.4 Å². The van der Waals surface area contributed by atoms with Crippen LogP contribution >= 0.6 is 0 Å². The molecule has 19 heavy (non-hydrogen) atoms. The number of nitrogens with two attached hydrogens (primary N) is 1. The van der Waals surface area contributed by atoms with Crippen molar-refractivity contribution in [2.45, 2.75) is 44.8 Å². The Kier molecular flexibility index (Phi) is 5.30. The molecule has 0 aliphatic rings. The third-order valence-corrected chi connectivity index (χ3v) is 2.46. The van der Waals surface area contributed by atoms with Crippen LogP contribution in [0.1, 0.15) is 38.4 Å². The van der Waals surface area contributed by atoms with Gasteiger partial charge in [0.2, 0.25) is 5.89 Å². The summed E-state index contributed by atoms with van der Waals surface area (Å²) in [5.74, 6) is 0.588. The van der Waals surface area contributed by atoms with Crippen LogP contribution in [0.2, 0.25) is 0 Å². The summed E-state index contributed by atoms with van der Waals surface area (Å²) in [5.41, 5.74) is 5.28. The predicted molar refractivity (Wildman–Crippen MR) is 61.3 cm³/mol. The van der Waals surface area contributed by atoms with Gasteiger partial charge in [-0.05, 0) is 13.3 Å². The van der Waals surface area contributed by atoms with E-state index in [1.165, 1.54) is 0 Å². The average Bonchev–Trinajstić information content (AvgIpc) is 2.72. The molecule has 1 aromatic rings. The molecule has 1 atom stereocenters. The zero-order valence-corrected chi connectivity index (χ0v) is 11.0. The van der Waals surface area contributed by atoms with E-state index in [0.29, 0.717) is 18.1 Å². The van der Waals surface area contributed by atoms with Crippen molar-refractivity contribution in [3.63, 3.8) is 0 Å². The molecule has 0 bridgehead atoms. The largest absolute Gasteiger partial charge is 0.411 e. The number of halogens is 3. The normalized spacial score (nSPS) is 15.5. The summed E-state index contributed by atoms with van der Waals surface area (Å²) in [6, 6.07) is 0. The first-order valence-electron chi connectivity index (χ1n) is 6.01. The van der Waals surface area contributed by atoms with Crippen LogP contribution in [-0.2, 0) is 16.7 Å². The molecule has 0 amide bonds. The van der Waals surface area contributed by atoms with Crippen LogP contribution in [0, 0.1) is 0 Å². The molecule has 0 aliphatic carbocycles. The maximum atomic E-state index is 11.8. The maximum Gasteiger partial charge on any atom is 0.411 e. The highest BCUT2D eigenvalue weighted by Crippen LogP contribution is 2.21. The van der Waals surface area contributed by atoms with Crippen LogP contribution in [0.15, 0.2) is 4.52 Å². The van der Waals surface area contributed by atoms with Crippen LogP contribution in [0.3, 0.4) is 0 Å². The van der Waals surface area contributed by atoms with E-state index >= 15 is 0 Å². The zero-order chi connectivity index (χ0) is 14.5. The van der Waals surface area contributed by atoms with Gasteiger partial charge in [0.15, 0.2) is 5.82 Å². The monoisotopic (exact) mass is 281 g/mol. The number of alkyl halides is 3. The highest BCUT2D eigenvalue weighted by Gasteiger charge is 2.28. The van der Waals surface area contributed by atoms with Crippen LogP contribution in [0.5, 0.6) is 0 Å². The van der Waals surface area contributed by atoms with Crippen molar-refractivity contribution in [1.29, 1.82) is 0 Å². The van der Waals surface area contributed by atoms with Crippen molar-refractivity contribution in [1.82, 2.24) is 10.1 Å². The summed E-state index contributed by atoms with van der Waals surface area (Å²) in [4.78, 5) is 4.07. The predicted octanol–water partition coefficient (Wildman–Crippen LogP) is 2.17. The molecule has 0 saturated heterocycles. The van der Waals surface area contributed by atoms with Gasteiger partial charge < -0.3 is 15.0 Å². The Balaban J connectivity index is 2.43. The molecule has 8 heteroatoms. The molecule has 5 nitrogen and oxygen atoms in total. The fourth-order valence-corrected chi connectivity index (χ4v) is 1.57. The lowest BCUT2D eigenvalue weighted by Crippen LogP contribution is -2.33. The summed E-state index contributed by atoms with van der Waals surface area (Å²) < 4.78 is 45.0. The Labute approximate surface area is 109 Å². The van der Waals surface area contributed by atoms with Crippen LogP contribution in [-0.4, -0.2) is 29.5 Å². The Bertz CT molecular complexity index is 391. The third-order valence-electron chi connectivity index (χ3n) is 2.46. The van der Waals surface area contributed by atoms with Gasteiger partial charge in [-0.15, -0.1) is 0 Å². The average molecular weight is 281 g/mol. The van der Waals surface area contributed by atoms with Crippen molar-refractivity contribution in [2.24, 2.45) is 5.73 Å². The summed E-state index contributed by atoms with van der Waals surface area (Å²) in [6.45, 7) is 2.36. The lowest BCUT2D eigenvalue weighted by atomic mass is 9.98. The molecule has 0 radical (unpaired) electrons. The molecule has 1 heterocycles. The summed E-state index contributed by atoms with van der Waals surface area (Å²) in [6.07, 6.45) is -2.63. The van der Waals surface area contributed by atoms with Crippen molar-refractivity contribution in [3.8, 4) is 0 Å². The minimum absolute atomic E-state index is 0.118. The highest BCUT2D eigenvalue weighted by molar-refractivity contribution is 4.99. The van der Waals surface area contributed by atoms with Crippen molar-refractivity contribution in [2.75, 3.05) is 13.2 Å². The second-order valence-electron chi connectivity index (χ2n) is 4.60. The standard InChI is InChI=1S/C11H18F3N3O2/c1-3-5-10(2,15)9-16-8(17-19-9)4-6-18-7-11(12,13)14/h3-7,15H2,1-2H3. The molecule has 0 aromatic carbocycles. The Morgan fingerprint density at radius 3 is 2.63 bits per heavy atom. The van der Waals surface area contributed by atoms with E-state index < -0.39 is 18.3 Å². The topological polar surface area (TPSA) is 74.2 Å². The van der Waals surface area contributed by atoms with Gasteiger partial charge >= 0.3 is 6.18 Å². The van der Waals surface area contributed by atoms with Crippen molar-refractivity contribution in [3.05, 3.63) is 11.7 Å². The van der Waals surface area contributed by atoms with E-state index in [2.05, 4.69) is 14.9 Å². The van der Waals surface area contributed by atoms with Crippen LogP contribution in [0.25, 0.3) is 0 Å². The van der Waals surface area contributed by atoms with Crippen molar-refractivity contribution >= 4 is 0 Å². The van der Waals surface area contributed by atoms with E-state index in [0.717, 1.165) is 6.42 Å². The van der Waals surface area contributed by atoms with Gasteiger partial charge in [-0.3, -0.25) is 0 Å². The molecule has 1 aromatic heterocycles. The second-order valence-corrected chi connectivity index (χ2v) is 4.60. The number of rotatable bonds is 7. The quantitative estimate of drug-likeness (QED) is 0.775. The van der Waals surface area contributed by atoms with Gasteiger partial charge in [-0.1, -0.05) is 18.5 Å². The maximum absolute atomic E-state index is 11.8. The number of hydrogen-bond donors (Lipinski definition) is 1.